The molecule has 0 saturated heterocycles. The lowest BCUT2D eigenvalue weighted by atomic mass is 10.4. The third-order valence-electron chi connectivity index (χ3n) is 3.36. The molecule has 0 unspecified atom stereocenters. The summed E-state index contributed by atoms with van der Waals surface area (Å²) in [6, 6.07) is 4.20. The van der Waals surface area contributed by atoms with Crippen molar-refractivity contribution in [2.45, 2.75) is 26.9 Å². The fourth-order valence-corrected chi connectivity index (χ4v) is 2.77. The maximum atomic E-state index is 4.72. The fraction of sp³-hybridized carbons (Fsp3) is 0.467. The van der Waals surface area contributed by atoms with Crippen LogP contribution in [0, 0.1) is 6.92 Å². The van der Waals surface area contributed by atoms with Crippen molar-refractivity contribution >= 4 is 17.3 Å². The van der Waals surface area contributed by atoms with Gasteiger partial charge in [-0.3, -0.25) is 0 Å². The third kappa shape index (κ3) is 4.07. The van der Waals surface area contributed by atoms with Gasteiger partial charge in [0, 0.05) is 37.4 Å². The lowest BCUT2D eigenvalue weighted by Gasteiger charge is -2.22. The predicted molar refractivity (Wildman–Crippen MR) is 88.5 cm³/mol. The summed E-state index contributed by atoms with van der Waals surface area (Å²) in [6.07, 6.45) is 2.06. The smallest absolute Gasteiger partial charge is 0.194 e. The van der Waals surface area contributed by atoms with Gasteiger partial charge in [0.25, 0.3) is 0 Å². The first-order valence-electron chi connectivity index (χ1n) is 7.10. The van der Waals surface area contributed by atoms with Crippen molar-refractivity contribution in [1.29, 1.82) is 0 Å². The summed E-state index contributed by atoms with van der Waals surface area (Å²) in [5.74, 6) is 0.923. The van der Waals surface area contributed by atoms with Gasteiger partial charge in [0.1, 0.15) is 0 Å². The maximum Gasteiger partial charge on any atom is 0.194 e. The summed E-state index contributed by atoms with van der Waals surface area (Å²) < 4.78 is 2.13. The van der Waals surface area contributed by atoms with Gasteiger partial charge in [-0.2, -0.15) is 0 Å². The average molecular weight is 305 g/mol. The summed E-state index contributed by atoms with van der Waals surface area (Å²) in [5.41, 5.74) is 4.21. The first-order valence-corrected chi connectivity index (χ1v) is 7.98. The Morgan fingerprint density at radius 1 is 1.52 bits per heavy atom. The Hall–Kier alpha value is -1.82. The van der Waals surface area contributed by atoms with E-state index < -0.39 is 0 Å². The maximum absolute atomic E-state index is 4.72. The minimum absolute atomic E-state index is 0.677. The quantitative estimate of drug-likeness (QED) is 0.681. The number of thiazole rings is 1. The van der Waals surface area contributed by atoms with Gasteiger partial charge in [0.2, 0.25) is 0 Å². The van der Waals surface area contributed by atoms with Crippen LogP contribution in [0.3, 0.4) is 0 Å². The largest absolute Gasteiger partial charge is 0.357 e. The van der Waals surface area contributed by atoms with E-state index in [9.17, 15) is 0 Å². The van der Waals surface area contributed by atoms with Gasteiger partial charge in [-0.25, -0.2) is 9.98 Å². The number of nitrogens with one attached hydrogen (secondary N) is 1. The van der Waals surface area contributed by atoms with E-state index in [0.717, 1.165) is 24.7 Å². The van der Waals surface area contributed by atoms with Crippen molar-refractivity contribution in [1.82, 2.24) is 19.8 Å². The number of aryl methyl sites for hydroxylation is 2. The van der Waals surface area contributed by atoms with Crippen LogP contribution in [0.2, 0.25) is 0 Å². The fourth-order valence-electron chi connectivity index (χ4n) is 2.07. The topological polar surface area (TPSA) is 45.5 Å². The molecule has 0 spiro atoms. The van der Waals surface area contributed by atoms with Crippen molar-refractivity contribution < 1.29 is 0 Å². The van der Waals surface area contributed by atoms with Crippen LogP contribution in [-0.4, -0.2) is 34.0 Å². The molecule has 0 atom stereocenters. The lowest BCUT2D eigenvalue weighted by Crippen LogP contribution is -2.38. The zero-order valence-corrected chi connectivity index (χ0v) is 13.9. The Labute approximate surface area is 130 Å². The van der Waals surface area contributed by atoms with Crippen molar-refractivity contribution in [3.8, 4) is 0 Å². The van der Waals surface area contributed by atoms with Crippen LogP contribution in [0.5, 0.6) is 0 Å². The van der Waals surface area contributed by atoms with E-state index in [0.29, 0.717) is 6.54 Å². The lowest BCUT2D eigenvalue weighted by molar-refractivity contribution is 0.462. The molecule has 0 amide bonds. The number of nitrogens with zero attached hydrogens (tertiary/aromatic N) is 4. The van der Waals surface area contributed by atoms with Gasteiger partial charge in [-0.15, -0.1) is 11.3 Å². The molecule has 2 heterocycles. The normalized spacial score (nSPS) is 11.7. The average Bonchev–Trinajstić information content (AvgIpc) is 3.04. The highest BCUT2D eigenvalue weighted by Crippen LogP contribution is 2.13. The monoisotopic (exact) mass is 305 g/mol. The van der Waals surface area contributed by atoms with E-state index in [1.54, 1.807) is 11.3 Å². The number of hydrogen-bond donors (Lipinski definition) is 1. The molecule has 0 saturated carbocycles. The molecule has 5 nitrogen and oxygen atoms in total. The van der Waals surface area contributed by atoms with Crippen molar-refractivity contribution in [3.63, 3.8) is 0 Å². The van der Waals surface area contributed by atoms with E-state index in [-0.39, 0.29) is 0 Å². The minimum Gasteiger partial charge on any atom is -0.357 e. The summed E-state index contributed by atoms with van der Waals surface area (Å²) >= 11 is 1.66. The van der Waals surface area contributed by atoms with Crippen molar-refractivity contribution in [3.05, 3.63) is 40.1 Å². The second kappa shape index (κ2) is 7.26. The number of hydrogen-bond acceptors (Lipinski definition) is 3. The minimum atomic E-state index is 0.677. The SMILES string of the molecule is CCNC(=NCc1scnc1C)N(C)Cc1cccn1C. The van der Waals surface area contributed by atoms with Crippen LogP contribution in [-0.2, 0) is 20.1 Å². The molecule has 2 aromatic heterocycles. The molecule has 0 radical (unpaired) electrons. The third-order valence-corrected chi connectivity index (χ3v) is 4.28. The number of guanidine groups is 1. The highest BCUT2D eigenvalue weighted by Gasteiger charge is 2.09. The molecule has 21 heavy (non-hydrogen) atoms. The molecule has 0 aromatic carbocycles. The molecule has 2 aromatic rings. The van der Waals surface area contributed by atoms with Gasteiger partial charge in [-0.1, -0.05) is 0 Å². The van der Waals surface area contributed by atoms with Crippen molar-refractivity contribution in [2.24, 2.45) is 12.0 Å². The standard InChI is InChI=1S/C15H23N5S/c1-5-16-15(17-9-14-12(2)18-11-21-14)20(4)10-13-7-6-8-19(13)3/h6-8,11H,5,9-10H2,1-4H3,(H,16,17). The molecule has 0 bridgehead atoms. The zero-order valence-electron chi connectivity index (χ0n) is 13.1. The molecular weight excluding hydrogens is 282 g/mol. The summed E-state index contributed by atoms with van der Waals surface area (Å²) in [6.45, 7) is 6.48. The predicted octanol–water partition coefficient (Wildman–Crippen LogP) is 2.39. The number of aliphatic imine (C=N–C) groups is 1. The molecule has 6 heteroatoms. The first-order chi connectivity index (χ1) is 10.1. The van der Waals surface area contributed by atoms with Crippen LogP contribution in [0.1, 0.15) is 23.2 Å². The Balaban J connectivity index is 2.06. The Kier molecular flexibility index (Phi) is 5.38. The van der Waals surface area contributed by atoms with Crippen molar-refractivity contribution in [2.75, 3.05) is 13.6 Å². The van der Waals surface area contributed by atoms with Crippen LogP contribution >= 0.6 is 11.3 Å². The second-order valence-electron chi connectivity index (χ2n) is 5.00. The van der Waals surface area contributed by atoms with Crippen LogP contribution < -0.4 is 5.32 Å². The van der Waals surface area contributed by atoms with Gasteiger partial charge in [0.05, 0.1) is 24.3 Å². The van der Waals surface area contributed by atoms with E-state index in [4.69, 9.17) is 4.99 Å². The molecule has 0 aliphatic rings. The first kappa shape index (κ1) is 15.6. The van der Waals surface area contributed by atoms with Gasteiger partial charge in [-0.05, 0) is 26.0 Å². The molecule has 0 aliphatic carbocycles. The number of rotatable bonds is 5. The summed E-state index contributed by atoms with van der Waals surface area (Å²) in [7, 11) is 4.13. The summed E-state index contributed by atoms with van der Waals surface area (Å²) in [5, 5.41) is 3.35. The molecule has 114 valence electrons. The van der Waals surface area contributed by atoms with Gasteiger partial charge in [0.15, 0.2) is 5.96 Å². The molecule has 0 fully saturated rings. The molecule has 1 N–H and O–H groups in total. The van der Waals surface area contributed by atoms with E-state index in [1.165, 1.54) is 10.6 Å². The Morgan fingerprint density at radius 3 is 2.90 bits per heavy atom. The second-order valence-corrected chi connectivity index (χ2v) is 5.94. The highest BCUT2D eigenvalue weighted by atomic mass is 32.1. The van der Waals surface area contributed by atoms with Crippen LogP contribution in [0.15, 0.2) is 28.8 Å². The number of aromatic nitrogens is 2. The van der Waals surface area contributed by atoms with Gasteiger partial charge >= 0.3 is 0 Å². The zero-order chi connectivity index (χ0) is 15.2. The Morgan fingerprint density at radius 2 is 2.33 bits per heavy atom. The van der Waals surface area contributed by atoms with Crippen LogP contribution in [0.25, 0.3) is 0 Å². The van der Waals surface area contributed by atoms with E-state index >= 15 is 0 Å². The van der Waals surface area contributed by atoms with Crippen LogP contribution in [0.4, 0.5) is 0 Å². The highest BCUT2D eigenvalue weighted by molar-refractivity contribution is 7.09. The van der Waals surface area contributed by atoms with E-state index in [2.05, 4.69) is 59.1 Å². The molecular formula is C15H23N5S. The summed E-state index contributed by atoms with van der Waals surface area (Å²) in [4.78, 5) is 12.4. The van der Waals surface area contributed by atoms with Gasteiger partial charge < -0.3 is 14.8 Å². The Bertz CT molecular complexity index is 599. The molecule has 2 rings (SSSR count). The molecule has 0 aliphatic heterocycles. The van der Waals surface area contributed by atoms with E-state index in [1.807, 2.05) is 12.4 Å².